The molecule has 0 unspecified atom stereocenters. The van der Waals surface area contributed by atoms with Crippen LogP contribution in [0.5, 0.6) is 0 Å². The van der Waals surface area contributed by atoms with Gasteiger partial charge in [0.25, 0.3) is 0 Å². The highest BCUT2D eigenvalue weighted by Gasteiger charge is 1.90. The Labute approximate surface area is 105 Å². The minimum absolute atomic E-state index is 0. The molecule has 16 heavy (non-hydrogen) atoms. The van der Waals surface area contributed by atoms with E-state index in [4.69, 9.17) is 11.6 Å². The van der Waals surface area contributed by atoms with Crippen LogP contribution in [-0.2, 0) is 0 Å². The molecule has 0 heterocycles. The van der Waals surface area contributed by atoms with Crippen molar-refractivity contribution in [1.29, 1.82) is 0 Å². The maximum Gasteiger partial charge on any atom is 0.231 e. The van der Waals surface area contributed by atoms with E-state index in [0.29, 0.717) is 0 Å². The molecule has 1 aromatic rings. The number of guanidine groups is 1. The lowest BCUT2D eigenvalue weighted by Gasteiger charge is -1.97. The van der Waals surface area contributed by atoms with E-state index in [1.54, 1.807) is 18.0 Å². The van der Waals surface area contributed by atoms with Gasteiger partial charge in [-0.3, -0.25) is 0 Å². The number of hydrogen-bond acceptors (Lipinski definition) is 4. The summed E-state index contributed by atoms with van der Waals surface area (Å²) in [6.07, 6.45) is 3.67. The minimum atomic E-state index is 0. The molecule has 0 aromatic heterocycles. The molecule has 0 atom stereocenters. The van der Waals surface area contributed by atoms with Gasteiger partial charge in [0.05, 0.1) is 6.21 Å². The molecule has 0 bridgehead atoms. The number of nitrogens with two attached hydrogens (primary N) is 2. The second kappa shape index (κ2) is 7.84. The zero-order chi connectivity index (χ0) is 11.1. The molecule has 0 aliphatic heterocycles. The first-order valence-electron chi connectivity index (χ1n) is 4.22. The molecular weight excluding hydrogens is 246 g/mol. The molecule has 0 radical (unpaired) electrons. The van der Waals surface area contributed by atoms with Gasteiger partial charge < -0.3 is 11.6 Å². The maximum atomic E-state index is 5.28. The number of nitrogens with zero attached hydrogens (tertiary/aromatic N) is 2. The van der Waals surface area contributed by atoms with E-state index >= 15 is 0 Å². The van der Waals surface area contributed by atoms with Gasteiger partial charge in [-0.25, -0.2) is 5.43 Å². The van der Waals surface area contributed by atoms with E-state index < -0.39 is 0 Å². The highest BCUT2D eigenvalue weighted by molar-refractivity contribution is 7.98. The third kappa shape index (κ3) is 4.90. The number of hydrogen-bond donors (Lipinski definition) is 3. The van der Waals surface area contributed by atoms with Crippen LogP contribution in [0.25, 0.3) is 0 Å². The smallest absolute Gasteiger partial charge is 0.231 e. The van der Waals surface area contributed by atoms with Gasteiger partial charge in [-0.05, 0) is 24.0 Å². The molecule has 0 saturated carbocycles. The molecule has 0 saturated heterocycles. The highest BCUT2D eigenvalue weighted by Crippen LogP contribution is 2.13. The lowest BCUT2D eigenvalue weighted by molar-refractivity contribution is 0.993. The van der Waals surface area contributed by atoms with Crippen molar-refractivity contribution in [3.8, 4) is 0 Å². The van der Waals surface area contributed by atoms with Crippen LogP contribution < -0.4 is 17.0 Å². The van der Waals surface area contributed by atoms with Gasteiger partial charge in [0.1, 0.15) is 0 Å². The minimum Gasteiger partial charge on any atom is -0.367 e. The third-order valence-corrected chi connectivity index (χ3v) is 2.39. The Balaban J connectivity index is 0.00000225. The summed E-state index contributed by atoms with van der Waals surface area (Å²) in [4.78, 5) is 1.21. The average Bonchev–Trinajstić information content (AvgIpc) is 2.29. The van der Waals surface area contributed by atoms with Gasteiger partial charge in [0.15, 0.2) is 0 Å². The molecule has 5 N–H and O–H groups in total. The number of thioether (sulfide) groups is 1. The zero-order valence-electron chi connectivity index (χ0n) is 8.75. The van der Waals surface area contributed by atoms with E-state index in [-0.39, 0.29) is 18.4 Å². The topological polar surface area (TPSA) is 88.8 Å². The third-order valence-electron chi connectivity index (χ3n) is 1.65. The fraction of sp³-hybridized carbons (Fsp3) is 0.111. The first-order valence-corrected chi connectivity index (χ1v) is 5.45. The van der Waals surface area contributed by atoms with Crippen molar-refractivity contribution in [2.45, 2.75) is 4.90 Å². The van der Waals surface area contributed by atoms with Crippen LogP contribution in [0.1, 0.15) is 5.56 Å². The van der Waals surface area contributed by atoms with Gasteiger partial charge in [-0.2, -0.15) is 5.10 Å². The maximum absolute atomic E-state index is 5.28. The van der Waals surface area contributed by atoms with Crippen LogP contribution in [0, 0.1) is 0 Å². The van der Waals surface area contributed by atoms with Gasteiger partial charge in [-0.15, -0.1) is 29.3 Å². The number of halogens is 1. The van der Waals surface area contributed by atoms with Crippen LogP contribution in [-0.4, -0.2) is 18.4 Å². The first-order chi connectivity index (χ1) is 7.26. The summed E-state index contributed by atoms with van der Waals surface area (Å²) in [5.74, 6) is 4.99. The van der Waals surface area contributed by atoms with Crippen molar-refractivity contribution in [2.24, 2.45) is 21.8 Å². The van der Waals surface area contributed by atoms with Crippen LogP contribution >= 0.6 is 24.2 Å². The predicted octanol–water partition coefficient (Wildman–Crippen LogP) is 0.942. The number of nitrogens with one attached hydrogen (secondary N) is 1. The summed E-state index contributed by atoms with van der Waals surface area (Å²) in [6, 6.07) is 7.97. The molecule has 0 amide bonds. The first kappa shape index (κ1) is 14.6. The zero-order valence-corrected chi connectivity index (χ0v) is 10.4. The Morgan fingerprint density at radius 1 is 1.38 bits per heavy atom. The Morgan fingerprint density at radius 3 is 2.50 bits per heavy atom. The second-order valence-corrected chi connectivity index (χ2v) is 3.54. The summed E-state index contributed by atoms with van der Waals surface area (Å²) >= 11 is 1.69. The van der Waals surface area contributed by atoms with E-state index in [2.05, 4.69) is 15.6 Å². The van der Waals surface area contributed by atoms with E-state index in [1.807, 2.05) is 30.5 Å². The van der Waals surface area contributed by atoms with Crippen molar-refractivity contribution in [1.82, 2.24) is 5.43 Å². The van der Waals surface area contributed by atoms with E-state index in [0.717, 1.165) is 5.56 Å². The molecule has 0 spiro atoms. The molecular formula is C9H14ClN5S. The molecule has 7 heteroatoms. The van der Waals surface area contributed by atoms with Crippen molar-refractivity contribution in [3.63, 3.8) is 0 Å². The predicted molar refractivity (Wildman–Crippen MR) is 72.0 cm³/mol. The Bertz CT molecular complexity index is 363. The molecule has 88 valence electrons. The summed E-state index contributed by atoms with van der Waals surface area (Å²) < 4.78 is 0. The van der Waals surface area contributed by atoms with Crippen LogP contribution in [0.3, 0.4) is 0 Å². The standard InChI is InChI=1S/C9H13N5S.ClH/c1-15-8-4-2-7(3-5-8)6-12-14-9(10)13-11;/h2-6H,11H2,1H3,(H3,10,13,14);1H. The summed E-state index contributed by atoms with van der Waals surface area (Å²) in [7, 11) is 0. The second-order valence-electron chi connectivity index (χ2n) is 2.66. The van der Waals surface area contributed by atoms with E-state index in [9.17, 15) is 0 Å². The largest absolute Gasteiger partial charge is 0.367 e. The monoisotopic (exact) mass is 259 g/mol. The fourth-order valence-corrected chi connectivity index (χ4v) is 1.30. The fourth-order valence-electron chi connectivity index (χ4n) is 0.892. The average molecular weight is 260 g/mol. The number of hydrazone groups is 2. The lowest BCUT2D eigenvalue weighted by Crippen LogP contribution is -2.28. The molecule has 0 fully saturated rings. The SMILES string of the molecule is CSc1ccc(C=NNC(N)=NN)cc1.Cl. The lowest BCUT2D eigenvalue weighted by atomic mass is 10.2. The molecule has 0 aliphatic rings. The molecule has 1 rings (SSSR count). The number of rotatable bonds is 3. The Morgan fingerprint density at radius 2 is 2.00 bits per heavy atom. The van der Waals surface area contributed by atoms with Crippen LogP contribution in [0.15, 0.2) is 39.4 Å². The van der Waals surface area contributed by atoms with Crippen molar-refractivity contribution in [2.75, 3.05) is 6.26 Å². The van der Waals surface area contributed by atoms with Crippen LogP contribution in [0.4, 0.5) is 0 Å². The summed E-state index contributed by atoms with van der Waals surface area (Å²) in [6.45, 7) is 0. The van der Waals surface area contributed by atoms with Gasteiger partial charge in [0.2, 0.25) is 5.96 Å². The Kier molecular flexibility index (Phi) is 7.15. The summed E-state index contributed by atoms with van der Waals surface area (Å²) in [5.41, 5.74) is 8.73. The molecule has 0 aliphatic carbocycles. The van der Waals surface area contributed by atoms with E-state index in [1.165, 1.54) is 4.90 Å². The van der Waals surface area contributed by atoms with Crippen molar-refractivity contribution >= 4 is 36.3 Å². The quantitative estimate of drug-likeness (QED) is 0.248. The Hall–Kier alpha value is -1.40. The van der Waals surface area contributed by atoms with Crippen molar-refractivity contribution < 1.29 is 0 Å². The normalized spacial score (nSPS) is 11.2. The number of benzene rings is 1. The molecule has 1 aromatic carbocycles. The van der Waals surface area contributed by atoms with Gasteiger partial charge in [0, 0.05) is 4.90 Å². The highest BCUT2D eigenvalue weighted by atomic mass is 35.5. The van der Waals surface area contributed by atoms with Crippen LogP contribution in [0.2, 0.25) is 0 Å². The van der Waals surface area contributed by atoms with Gasteiger partial charge in [-0.1, -0.05) is 12.1 Å². The van der Waals surface area contributed by atoms with Gasteiger partial charge >= 0.3 is 0 Å². The summed E-state index contributed by atoms with van der Waals surface area (Å²) in [5, 5.41) is 7.06. The molecule has 5 nitrogen and oxygen atoms in total. The van der Waals surface area contributed by atoms with Crippen molar-refractivity contribution in [3.05, 3.63) is 29.8 Å².